The van der Waals surface area contributed by atoms with E-state index < -0.39 is 29.3 Å². The van der Waals surface area contributed by atoms with Crippen LogP contribution in [0.1, 0.15) is 17.2 Å². The molecule has 1 heterocycles. The van der Waals surface area contributed by atoms with Gasteiger partial charge in [-0.2, -0.15) is 0 Å². The second kappa shape index (κ2) is 8.85. The molecule has 1 aliphatic heterocycles. The van der Waals surface area contributed by atoms with Crippen molar-refractivity contribution >= 4 is 29.1 Å². The minimum absolute atomic E-state index is 0.0967. The zero-order valence-corrected chi connectivity index (χ0v) is 17.6. The Hall–Kier alpha value is -2.90. The number of aliphatic hydroxyl groups excluding tert-OH is 1. The molecule has 2 aromatic carbocycles. The van der Waals surface area contributed by atoms with Crippen LogP contribution >= 0.6 is 11.6 Å². The Morgan fingerprint density at radius 1 is 1.20 bits per heavy atom. The van der Waals surface area contributed by atoms with Crippen LogP contribution in [-0.4, -0.2) is 60.9 Å². The zero-order valence-electron chi connectivity index (χ0n) is 16.9. The zero-order chi connectivity index (χ0) is 22.0. The van der Waals surface area contributed by atoms with Crippen molar-refractivity contribution in [1.82, 2.24) is 9.80 Å². The van der Waals surface area contributed by atoms with Gasteiger partial charge in [-0.15, -0.1) is 0 Å². The van der Waals surface area contributed by atoms with E-state index in [-0.39, 0.29) is 22.7 Å². The molecule has 0 bridgehead atoms. The van der Waals surface area contributed by atoms with Crippen molar-refractivity contribution in [2.45, 2.75) is 6.04 Å². The molecule has 6 nitrogen and oxygen atoms in total. The molecule has 1 N–H and O–H groups in total. The Bertz CT molecular complexity index is 1000. The second-order valence-corrected chi connectivity index (χ2v) is 7.60. The van der Waals surface area contributed by atoms with Crippen molar-refractivity contribution in [1.29, 1.82) is 0 Å². The fraction of sp³-hybridized carbons (Fsp3) is 0.273. The van der Waals surface area contributed by atoms with E-state index in [0.717, 1.165) is 0 Å². The Kier molecular flexibility index (Phi) is 6.43. The van der Waals surface area contributed by atoms with E-state index in [2.05, 4.69) is 0 Å². The van der Waals surface area contributed by atoms with E-state index in [9.17, 15) is 19.1 Å². The number of aliphatic hydroxyl groups is 1. The number of nitrogens with zero attached hydrogens (tertiary/aromatic N) is 2. The van der Waals surface area contributed by atoms with Crippen LogP contribution in [0.4, 0.5) is 4.39 Å². The number of carbonyl (C=O) groups excluding carboxylic acids is 2. The van der Waals surface area contributed by atoms with Crippen LogP contribution in [0.2, 0.25) is 5.02 Å². The quantitative estimate of drug-likeness (QED) is 0.430. The Morgan fingerprint density at radius 2 is 1.87 bits per heavy atom. The summed E-state index contributed by atoms with van der Waals surface area (Å²) in [5, 5.41) is 11.2. The predicted octanol–water partition coefficient (Wildman–Crippen LogP) is 3.47. The first-order valence-corrected chi connectivity index (χ1v) is 9.65. The number of ketones is 1. The van der Waals surface area contributed by atoms with Gasteiger partial charge in [0, 0.05) is 18.7 Å². The summed E-state index contributed by atoms with van der Waals surface area (Å²) in [5.41, 5.74) is 0.587. The fourth-order valence-corrected chi connectivity index (χ4v) is 3.57. The monoisotopic (exact) mass is 432 g/mol. The Labute approximate surface area is 179 Å². The van der Waals surface area contributed by atoms with Crippen LogP contribution < -0.4 is 4.74 Å². The first kappa shape index (κ1) is 21.8. The number of Topliss-reactive ketones (excluding diaryl/α,β-unsaturated/α-hetero) is 1. The maximum absolute atomic E-state index is 13.5. The van der Waals surface area contributed by atoms with Crippen molar-refractivity contribution in [3.05, 3.63) is 70.0 Å². The Balaban J connectivity index is 2.19. The molecular weight excluding hydrogens is 411 g/mol. The molecule has 8 heteroatoms. The lowest BCUT2D eigenvalue weighted by molar-refractivity contribution is -0.140. The van der Waals surface area contributed by atoms with E-state index in [1.165, 1.54) is 48.4 Å². The van der Waals surface area contributed by atoms with Gasteiger partial charge in [-0.1, -0.05) is 23.7 Å². The number of likely N-dealkylation sites (N-methyl/N-ethyl adjacent to an activating group) is 1. The van der Waals surface area contributed by atoms with Gasteiger partial charge in [-0.05, 0) is 50.0 Å². The van der Waals surface area contributed by atoms with E-state index >= 15 is 0 Å². The van der Waals surface area contributed by atoms with Crippen LogP contribution in [0.5, 0.6) is 5.75 Å². The highest BCUT2D eigenvalue weighted by molar-refractivity contribution is 6.47. The molecule has 1 unspecified atom stereocenters. The first-order chi connectivity index (χ1) is 14.2. The van der Waals surface area contributed by atoms with E-state index in [1.807, 2.05) is 19.0 Å². The second-order valence-electron chi connectivity index (χ2n) is 7.19. The highest BCUT2D eigenvalue weighted by atomic mass is 35.5. The number of hydrogen-bond acceptors (Lipinski definition) is 5. The number of benzene rings is 2. The van der Waals surface area contributed by atoms with Gasteiger partial charge < -0.3 is 19.6 Å². The van der Waals surface area contributed by atoms with Gasteiger partial charge in [0.1, 0.15) is 17.3 Å². The third kappa shape index (κ3) is 4.17. The summed E-state index contributed by atoms with van der Waals surface area (Å²) in [6, 6.07) is 9.26. The number of carbonyl (C=O) groups is 2. The molecule has 30 heavy (non-hydrogen) atoms. The van der Waals surface area contributed by atoms with Gasteiger partial charge in [0.25, 0.3) is 11.7 Å². The molecule has 1 atom stereocenters. The van der Waals surface area contributed by atoms with Crippen molar-refractivity contribution in [3.8, 4) is 5.75 Å². The summed E-state index contributed by atoms with van der Waals surface area (Å²) < 4.78 is 18.7. The fourth-order valence-electron chi connectivity index (χ4n) is 3.37. The third-order valence-corrected chi connectivity index (χ3v) is 5.27. The van der Waals surface area contributed by atoms with Crippen molar-refractivity contribution in [3.63, 3.8) is 0 Å². The number of hydrogen-bond donors (Lipinski definition) is 1. The standard InChI is InChI=1S/C22H22ClFN2O4/c1-25(2)10-11-26-19(13-4-6-14(24)7-5-13)18(21(28)22(26)29)20(27)16-12-15(30-3)8-9-17(16)23/h4-9,12,19,27H,10-11H2,1-3H3/b20-18+. The van der Waals surface area contributed by atoms with Gasteiger partial charge in [-0.25, -0.2) is 4.39 Å². The average molecular weight is 433 g/mol. The molecule has 158 valence electrons. The first-order valence-electron chi connectivity index (χ1n) is 9.27. The number of amides is 1. The van der Waals surface area contributed by atoms with Gasteiger partial charge in [0.2, 0.25) is 0 Å². The molecule has 2 aromatic rings. The lowest BCUT2D eigenvalue weighted by Crippen LogP contribution is -2.35. The summed E-state index contributed by atoms with van der Waals surface area (Å²) in [4.78, 5) is 29.0. The molecule has 1 aliphatic rings. The maximum Gasteiger partial charge on any atom is 0.295 e. The molecule has 0 aliphatic carbocycles. The van der Waals surface area contributed by atoms with Gasteiger partial charge in [-0.3, -0.25) is 9.59 Å². The number of methoxy groups -OCH3 is 1. The predicted molar refractivity (Wildman–Crippen MR) is 112 cm³/mol. The lowest BCUT2D eigenvalue weighted by Gasteiger charge is -2.26. The normalized spacial score (nSPS) is 18.3. The average Bonchev–Trinajstić information content (AvgIpc) is 2.97. The summed E-state index contributed by atoms with van der Waals surface area (Å²) in [6.07, 6.45) is 0. The van der Waals surface area contributed by atoms with E-state index in [1.54, 1.807) is 6.07 Å². The van der Waals surface area contributed by atoms with Crippen LogP contribution in [0.15, 0.2) is 48.0 Å². The number of rotatable bonds is 6. The van der Waals surface area contributed by atoms with E-state index in [4.69, 9.17) is 16.3 Å². The molecule has 0 radical (unpaired) electrons. The van der Waals surface area contributed by atoms with Crippen LogP contribution in [0, 0.1) is 5.82 Å². The van der Waals surface area contributed by atoms with E-state index in [0.29, 0.717) is 17.9 Å². The van der Waals surface area contributed by atoms with Crippen LogP contribution in [0.3, 0.4) is 0 Å². The van der Waals surface area contributed by atoms with Gasteiger partial charge in [0.15, 0.2) is 0 Å². The molecule has 0 saturated carbocycles. The number of likely N-dealkylation sites (tertiary alicyclic amines) is 1. The molecule has 1 fully saturated rings. The number of halogens is 2. The SMILES string of the molecule is COc1ccc(Cl)c(/C(O)=C2\C(=O)C(=O)N(CCN(C)C)C2c2ccc(F)cc2)c1. The van der Waals surface area contributed by atoms with Gasteiger partial charge in [0.05, 0.1) is 23.7 Å². The molecule has 0 spiro atoms. The highest BCUT2D eigenvalue weighted by Crippen LogP contribution is 2.41. The Morgan fingerprint density at radius 3 is 2.47 bits per heavy atom. The summed E-state index contributed by atoms with van der Waals surface area (Å²) in [5.74, 6) is -1.97. The molecular formula is C22H22ClFN2O4. The van der Waals surface area contributed by atoms with Crippen molar-refractivity contribution < 1.29 is 23.8 Å². The largest absolute Gasteiger partial charge is 0.507 e. The highest BCUT2D eigenvalue weighted by Gasteiger charge is 2.46. The molecule has 0 aromatic heterocycles. The minimum Gasteiger partial charge on any atom is -0.507 e. The lowest BCUT2D eigenvalue weighted by atomic mass is 9.95. The topological polar surface area (TPSA) is 70.1 Å². The van der Waals surface area contributed by atoms with Crippen molar-refractivity contribution in [2.24, 2.45) is 0 Å². The molecule has 3 rings (SSSR count). The molecule has 1 amide bonds. The summed E-state index contributed by atoms with van der Waals surface area (Å²) in [7, 11) is 5.16. The van der Waals surface area contributed by atoms with Crippen LogP contribution in [-0.2, 0) is 9.59 Å². The summed E-state index contributed by atoms with van der Waals surface area (Å²) in [6.45, 7) is 0.757. The van der Waals surface area contributed by atoms with Crippen molar-refractivity contribution in [2.75, 3.05) is 34.3 Å². The third-order valence-electron chi connectivity index (χ3n) is 4.94. The molecule has 1 saturated heterocycles. The maximum atomic E-state index is 13.5. The van der Waals surface area contributed by atoms with Gasteiger partial charge >= 0.3 is 0 Å². The smallest absolute Gasteiger partial charge is 0.295 e. The minimum atomic E-state index is -0.868. The summed E-state index contributed by atoms with van der Waals surface area (Å²) >= 11 is 6.25. The van der Waals surface area contributed by atoms with Crippen LogP contribution in [0.25, 0.3) is 5.76 Å². The number of ether oxygens (including phenoxy) is 1.